The minimum absolute atomic E-state index is 0.248. The van der Waals surface area contributed by atoms with Crippen LogP contribution in [0.4, 0.5) is 27.9 Å². The molecule has 0 aliphatic carbocycles. The average molecular weight is 424 g/mol. The maximum atomic E-state index is 12.1. The molecule has 8 nitrogen and oxygen atoms in total. The Morgan fingerprint density at radius 1 is 1.00 bits per heavy atom. The summed E-state index contributed by atoms with van der Waals surface area (Å²) in [6.07, 6.45) is 3.75. The topological polar surface area (TPSA) is 104 Å². The first-order chi connectivity index (χ1) is 14.5. The van der Waals surface area contributed by atoms with Crippen molar-refractivity contribution in [3.63, 3.8) is 0 Å². The van der Waals surface area contributed by atoms with Gasteiger partial charge in [0.2, 0.25) is 0 Å². The second-order valence-electron chi connectivity index (χ2n) is 6.57. The third-order valence-electron chi connectivity index (χ3n) is 4.05. The van der Waals surface area contributed by atoms with Crippen LogP contribution < -0.4 is 21.3 Å². The molecule has 0 fully saturated rings. The Bertz CT molecular complexity index is 1010. The first kappa shape index (κ1) is 21.4. The summed E-state index contributed by atoms with van der Waals surface area (Å²) in [6.45, 7) is 4.80. The molecule has 0 spiro atoms. The zero-order chi connectivity index (χ0) is 21.3. The van der Waals surface area contributed by atoms with Crippen molar-refractivity contribution >= 4 is 40.9 Å². The number of hydrogen-bond donors (Lipinski definition) is 4. The van der Waals surface area contributed by atoms with E-state index in [1.807, 2.05) is 62.6 Å². The molecule has 0 saturated heterocycles. The van der Waals surface area contributed by atoms with Gasteiger partial charge in [0.1, 0.15) is 23.3 Å². The van der Waals surface area contributed by atoms with Gasteiger partial charge in [0.15, 0.2) is 0 Å². The molecule has 2 amide bonds. The highest BCUT2D eigenvalue weighted by atomic mass is 32.2. The molecule has 0 atom stereocenters. The zero-order valence-electron chi connectivity index (χ0n) is 17.2. The van der Waals surface area contributed by atoms with Crippen LogP contribution in [0, 0.1) is 13.8 Å². The van der Waals surface area contributed by atoms with E-state index in [1.54, 1.807) is 18.0 Å². The minimum atomic E-state index is -0.248. The summed E-state index contributed by atoms with van der Waals surface area (Å²) in [5.41, 5.74) is 1.88. The number of urea groups is 1. The molecule has 3 rings (SSSR count). The molecular formula is C21H25N7OS. The first-order valence-corrected chi connectivity index (χ1v) is 10.7. The van der Waals surface area contributed by atoms with Gasteiger partial charge in [0.05, 0.1) is 0 Å². The van der Waals surface area contributed by atoms with Gasteiger partial charge in [-0.1, -0.05) is 6.07 Å². The Balaban J connectivity index is 1.48. The average Bonchev–Trinajstić information content (AvgIpc) is 2.71. The van der Waals surface area contributed by atoms with Crippen molar-refractivity contribution in [1.29, 1.82) is 0 Å². The third kappa shape index (κ3) is 6.63. The van der Waals surface area contributed by atoms with E-state index in [-0.39, 0.29) is 6.03 Å². The second kappa shape index (κ2) is 10.4. The lowest BCUT2D eigenvalue weighted by Crippen LogP contribution is -2.32. The molecule has 30 heavy (non-hydrogen) atoms. The van der Waals surface area contributed by atoms with Gasteiger partial charge in [0, 0.05) is 35.9 Å². The summed E-state index contributed by atoms with van der Waals surface area (Å²) in [5.74, 6) is 2.69. The second-order valence-corrected chi connectivity index (χ2v) is 7.45. The number of pyridine rings is 1. The van der Waals surface area contributed by atoms with Crippen molar-refractivity contribution < 1.29 is 4.79 Å². The van der Waals surface area contributed by atoms with Crippen LogP contribution in [-0.2, 0) is 0 Å². The number of nitrogens with one attached hydrogen (secondary N) is 4. The van der Waals surface area contributed by atoms with Crippen molar-refractivity contribution in [2.24, 2.45) is 0 Å². The number of amides is 2. The molecular weight excluding hydrogens is 398 g/mol. The number of benzene rings is 1. The lowest BCUT2D eigenvalue weighted by Gasteiger charge is -2.11. The number of anilines is 4. The Kier molecular flexibility index (Phi) is 7.45. The summed E-state index contributed by atoms with van der Waals surface area (Å²) in [4.78, 5) is 26.2. The smallest absolute Gasteiger partial charge is 0.319 e. The maximum absolute atomic E-state index is 12.1. The van der Waals surface area contributed by atoms with E-state index in [0.29, 0.717) is 30.5 Å². The molecule has 0 unspecified atom stereocenters. The Morgan fingerprint density at radius 2 is 1.83 bits per heavy atom. The van der Waals surface area contributed by atoms with E-state index in [2.05, 4.69) is 36.2 Å². The van der Waals surface area contributed by atoms with Crippen molar-refractivity contribution in [3.8, 4) is 0 Å². The summed E-state index contributed by atoms with van der Waals surface area (Å²) in [6, 6.07) is 13.2. The molecule has 0 saturated carbocycles. The lowest BCUT2D eigenvalue weighted by atomic mass is 10.3. The summed E-state index contributed by atoms with van der Waals surface area (Å²) in [7, 11) is 0. The van der Waals surface area contributed by atoms with Gasteiger partial charge in [0.25, 0.3) is 0 Å². The Morgan fingerprint density at radius 3 is 2.63 bits per heavy atom. The molecule has 2 aromatic heterocycles. The van der Waals surface area contributed by atoms with E-state index in [9.17, 15) is 4.79 Å². The molecule has 0 aliphatic heterocycles. The normalized spacial score (nSPS) is 10.4. The highest BCUT2D eigenvalue weighted by molar-refractivity contribution is 7.98. The first-order valence-electron chi connectivity index (χ1n) is 9.50. The van der Waals surface area contributed by atoms with E-state index < -0.39 is 0 Å². The zero-order valence-corrected chi connectivity index (χ0v) is 18.0. The molecule has 0 radical (unpaired) electrons. The summed E-state index contributed by atoms with van der Waals surface area (Å²) < 4.78 is 0. The largest absolute Gasteiger partial charge is 0.368 e. The van der Waals surface area contributed by atoms with Gasteiger partial charge < -0.3 is 21.3 Å². The number of hydrogen-bond acceptors (Lipinski definition) is 7. The van der Waals surface area contributed by atoms with Crippen LogP contribution in [-0.4, -0.2) is 40.3 Å². The summed E-state index contributed by atoms with van der Waals surface area (Å²) >= 11 is 1.63. The van der Waals surface area contributed by atoms with Crippen LogP contribution in [0.25, 0.3) is 0 Å². The van der Waals surface area contributed by atoms with Crippen LogP contribution >= 0.6 is 11.8 Å². The van der Waals surface area contributed by atoms with Crippen LogP contribution in [0.1, 0.15) is 11.4 Å². The minimum Gasteiger partial charge on any atom is -0.368 e. The molecule has 156 valence electrons. The fourth-order valence-corrected chi connectivity index (χ4v) is 3.16. The van der Waals surface area contributed by atoms with Crippen LogP contribution in [0.5, 0.6) is 0 Å². The summed E-state index contributed by atoms with van der Waals surface area (Å²) in [5, 5.41) is 12.0. The fourth-order valence-electron chi connectivity index (χ4n) is 2.70. The van der Waals surface area contributed by atoms with Crippen molar-refractivity contribution in [2.45, 2.75) is 18.7 Å². The van der Waals surface area contributed by atoms with E-state index in [4.69, 9.17) is 0 Å². The van der Waals surface area contributed by atoms with Gasteiger partial charge in [-0.05, 0) is 56.0 Å². The lowest BCUT2D eigenvalue weighted by molar-refractivity contribution is 0.252. The van der Waals surface area contributed by atoms with E-state index in [0.717, 1.165) is 22.0 Å². The van der Waals surface area contributed by atoms with Gasteiger partial charge in [-0.3, -0.25) is 0 Å². The number of aromatic nitrogens is 3. The molecule has 3 aromatic rings. The van der Waals surface area contributed by atoms with Gasteiger partial charge >= 0.3 is 6.03 Å². The SMILES string of the molecule is CSc1cccc(NC(=O)NCCNc2cc(Nc3cc(C)ccn3)nc(C)n2)c1. The van der Waals surface area contributed by atoms with Gasteiger partial charge in [-0.2, -0.15) is 0 Å². The Hall–Kier alpha value is -3.33. The maximum Gasteiger partial charge on any atom is 0.319 e. The van der Waals surface area contributed by atoms with Crippen LogP contribution in [0.15, 0.2) is 53.6 Å². The Labute approximate surface area is 180 Å². The quantitative estimate of drug-likeness (QED) is 0.318. The van der Waals surface area contributed by atoms with Crippen LogP contribution in [0.3, 0.4) is 0 Å². The van der Waals surface area contributed by atoms with E-state index in [1.165, 1.54) is 0 Å². The highest BCUT2D eigenvalue weighted by Crippen LogP contribution is 2.19. The molecule has 0 aliphatic rings. The highest BCUT2D eigenvalue weighted by Gasteiger charge is 2.05. The number of rotatable bonds is 8. The predicted octanol–water partition coefficient (Wildman–Crippen LogP) is 4.19. The fraction of sp³-hybridized carbons (Fsp3) is 0.238. The number of carbonyl (C=O) groups is 1. The third-order valence-corrected chi connectivity index (χ3v) is 4.78. The predicted molar refractivity (Wildman–Crippen MR) is 123 cm³/mol. The van der Waals surface area contributed by atoms with Gasteiger partial charge in [-0.15, -0.1) is 11.8 Å². The number of nitrogens with zero attached hydrogens (tertiary/aromatic N) is 3. The molecule has 9 heteroatoms. The monoisotopic (exact) mass is 423 g/mol. The van der Waals surface area contributed by atoms with Gasteiger partial charge in [-0.25, -0.2) is 19.7 Å². The van der Waals surface area contributed by atoms with Crippen LogP contribution in [0.2, 0.25) is 0 Å². The van der Waals surface area contributed by atoms with Crippen molar-refractivity contribution in [2.75, 3.05) is 35.3 Å². The molecule has 1 aromatic carbocycles. The molecule has 4 N–H and O–H groups in total. The molecule has 2 heterocycles. The molecule has 0 bridgehead atoms. The van der Waals surface area contributed by atoms with Crippen molar-refractivity contribution in [3.05, 3.63) is 60.0 Å². The van der Waals surface area contributed by atoms with Crippen molar-refractivity contribution in [1.82, 2.24) is 20.3 Å². The van der Waals surface area contributed by atoms with E-state index >= 15 is 0 Å². The number of thioether (sulfide) groups is 1. The number of carbonyl (C=O) groups excluding carboxylic acids is 1. The standard InChI is InChI=1S/C21H25N7OS/c1-14-7-8-22-18(11-14)28-20-13-19(25-15(2)26-20)23-9-10-24-21(29)27-16-5-4-6-17(12-16)30-3/h4-8,11-13H,9-10H2,1-3H3,(H2,24,27,29)(H2,22,23,25,26,28). The number of aryl methyl sites for hydroxylation is 2.